The van der Waals surface area contributed by atoms with Gasteiger partial charge in [-0.2, -0.15) is 5.10 Å². The molecule has 1 N–H and O–H groups in total. The van der Waals surface area contributed by atoms with Crippen molar-refractivity contribution in [3.05, 3.63) is 17.5 Å². The lowest BCUT2D eigenvalue weighted by Crippen LogP contribution is -1.93. The van der Waals surface area contributed by atoms with Crippen molar-refractivity contribution in [1.82, 2.24) is 10.2 Å². The Bertz CT molecular complexity index is 208. The molecule has 0 spiro atoms. The topological polar surface area (TPSA) is 28.7 Å². The van der Waals surface area contributed by atoms with Crippen LogP contribution in [0.3, 0.4) is 0 Å². The van der Waals surface area contributed by atoms with Crippen LogP contribution in [0.5, 0.6) is 0 Å². The number of halogens is 2. The minimum absolute atomic E-state index is 0.0951. The van der Waals surface area contributed by atoms with Gasteiger partial charge in [-0.1, -0.05) is 13.8 Å². The van der Waals surface area contributed by atoms with Crippen LogP contribution in [0.25, 0.3) is 0 Å². The molecule has 1 aromatic rings. The number of aromatic amines is 1. The highest BCUT2D eigenvalue weighted by atomic mass is 19.3. The molecule has 0 saturated carbocycles. The largest absolute Gasteiger partial charge is 0.285 e. The van der Waals surface area contributed by atoms with Gasteiger partial charge in [0.1, 0.15) is 5.69 Å². The fourth-order valence-corrected chi connectivity index (χ4v) is 0.947. The van der Waals surface area contributed by atoms with E-state index in [1.165, 1.54) is 6.20 Å². The second-order valence-electron chi connectivity index (χ2n) is 2.68. The average molecular weight is 160 g/mol. The maximum absolute atomic E-state index is 12.1. The van der Waals surface area contributed by atoms with Crippen LogP contribution in [-0.2, 0) is 0 Å². The van der Waals surface area contributed by atoms with Gasteiger partial charge >= 0.3 is 0 Å². The molecule has 0 aliphatic rings. The van der Waals surface area contributed by atoms with Gasteiger partial charge in [0.15, 0.2) is 0 Å². The van der Waals surface area contributed by atoms with Gasteiger partial charge in [0.2, 0.25) is 0 Å². The molecule has 0 aliphatic carbocycles. The minimum Gasteiger partial charge on any atom is -0.285 e. The second kappa shape index (κ2) is 2.98. The Labute approximate surface area is 63.6 Å². The van der Waals surface area contributed by atoms with Crippen LogP contribution >= 0.6 is 0 Å². The maximum atomic E-state index is 12.1. The van der Waals surface area contributed by atoms with Crippen molar-refractivity contribution in [3.63, 3.8) is 0 Å². The SMILES string of the molecule is CC(C)c1c[nH]nc1C(F)F. The lowest BCUT2D eigenvalue weighted by Gasteiger charge is -2.02. The smallest absolute Gasteiger partial charge is 0.282 e. The molecule has 1 heterocycles. The first kappa shape index (κ1) is 8.17. The summed E-state index contributed by atoms with van der Waals surface area (Å²) in [7, 11) is 0. The van der Waals surface area contributed by atoms with Crippen molar-refractivity contribution in [2.45, 2.75) is 26.2 Å². The number of rotatable bonds is 2. The molecule has 0 fully saturated rings. The number of hydrogen-bond donors (Lipinski definition) is 1. The molecule has 0 bridgehead atoms. The summed E-state index contributed by atoms with van der Waals surface area (Å²) < 4.78 is 24.3. The summed E-state index contributed by atoms with van der Waals surface area (Å²) in [6.45, 7) is 3.72. The monoisotopic (exact) mass is 160 g/mol. The first-order valence-corrected chi connectivity index (χ1v) is 3.44. The molecular formula is C7H10F2N2. The van der Waals surface area contributed by atoms with E-state index in [1.807, 2.05) is 13.8 Å². The van der Waals surface area contributed by atoms with Gasteiger partial charge < -0.3 is 0 Å². The van der Waals surface area contributed by atoms with Crippen LogP contribution in [0.1, 0.15) is 37.4 Å². The van der Waals surface area contributed by atoms with Crippen molar-refractivity contribution in [1.29, 1.82) is 0 Å². The summed E-state index contributed by atoms with van der Waals surface area (Å²) >= 11 is 0. The number of H-pyrrole nitrogens is 1. The predicted molar refractivity (Wildman–Crippen MR) is 37.6 cm³/mol. The third-order valence-electron chi connectivity index (χ3n) is 1.53. The van der Waals surface area contributed by atoms with Gasteiger partial charge in [0, 0.05) is 11.8 Å². The van der Waals surface area contributed by atoms with E-state index in [-0.39, 0.29) is 11.6 Å². The van der Waals surface area contributed by atoms with E-state index in [1.54, 1.807) is 0 Å². The van der Waals surface area contributed by atoms with Gasteiger partial charge in [-0.15, -0.1) is 0 Å². The Morgan fingerprint density at radius 1 is 1.45 bits per heavy atom. The number of hydrogen-bond acceptors (Lipinski definition) is 1. The first-order chi connectivity index (χ1) is 5.13. The van der Waals surface area contributed by atoms with Crippen molar-refractivity contribution in [3.8, 4) is 0 Å². The summed E-state index contributed by atoms with van der Waals surface area (Å²) in [6.07, 6.45) is -0.953. The lowest BCUT2D eigenvalue weighted by molar-refractivity contribution is 0.144. The van der Waals surface area contributed by atoms with Gasteiger partial charge in [-0.25, -0.2) is 8.78 Å². The number of aromatic nitrogens is 2. The molecule has 0 atom stereocenters. The molecule has 0 radical (unpaired) electrons. The van der Waals surface area contributed by atoms with Crippen molar-refractivity contribution in [2.75, 3.05) is 0 Å². The minimum atomic E-state index is -2.47. The van der Waals surface area contributed by atoms with E-state index in [2.05, 4.69) is 10.2 Å². The zero-order valence-corrected chi connectivity index (χ0v) is 6.44. The van der Waals surface area contributed by atoms with Gasteiger partial charge in [-0.05, 0) is 5.92 Å². The van der Waals surface area contributed by atoms with Crippen molar-refractivity contribution < 1.29 is 8.78 Å². The fraction of sp³-hybridized carbons (Fsp3) is 0.571. The molecule has 0 saturated heterocycles. The fourth-order valence-electron chi connectivity index (χ4n) is 0.947. The number of nitrogens with one attached hydrogen (secondary N) is 1. The van der Waals surface area contributed by atoms with Gasteiger partial charge in [0.05, 0.1) is 0 Å². The third kappa shape index (κ3) is 1.56. The number of nitrogens with zero attached hydrogens (tertiary/aromatic N) is 1. The van der Waals surface area contributed by atoms with E-state index in [4.69, 9.17) is 0 Å². The molecular weight excluding hydrogens is 150 g/mol. The van der Waals surface area contributed by atoms with Crippen LogP contribution in [0.15, 0.2) is 6.20 Å². The maximum Gasteiger partial charge on any atom is 0.282 e. The average Bonchev–Trinajstić information content (AvgIpc) is 2.32. The molecule has 0 aliphatic heterocycles. The summed E-state index contributed by atoms with van der Waals surface area (Å²) in [4.78, 5) is 0. The molecule has 2 nitrogen and oxygen atoms in total. The molecule has 62 valence electrons. The molecule has 4 heteroatoms. The highest BCUT2D eigenvalue weighted by molar-refractivity contribution is 5.20. The summed E-state index contributed by atoms with van der Waals surface area (Å²) in [5.41, 5.74) is 0.472. The van der Waals surface area contributed by atoms with Crippen LogP contribution < -0.4 is 0 Å². The van der Waals surface area contributed by atoms with Crippen LogP contribution in [0.2, 0.25) is 0 Å². The third-order valence-corrected chi connectivity index (χ3v) is 1.53. The van der Waals surface area contributed by atoms with E-state index < -0.39 is 6.43 Å². The molecule has 1 aromatic heterocycles. The zero-order valence-electron chi connectivity index (χ0n) is 6.44. The van der Waals surface area contributed by atoms with Crippen molar-refractivity contribution >= 4 is 0 Å². The van der Waals surface area contributed by atoms with Crippen molar-refractivity contribution in [2.24, 2.45) is 0 Å². The van der Waals surface area contributed by atoms with Crippen LogP contribution in [0, 0.1) is 0 Å². The molecule has 1 rings (SSSR count). The van der Waals surface area contributed by atoms with Gasteiger partial charge in [0.25, 0.3) is 6.43 Å². The standard InChI is InChI=1S/C7H10F2N2/c1-4(2)5-3-10-11-6(5)7(8)9/h3-4,7H,1-2H3,(H,10,11). The second-order valence-corrected chi connectivity index (χ2v) is 2.68. The molecule has 0 amide bonds. The quantitative estimate of drug-likeness (QED) is 0.707. The first-order valence-electron chi connectivity index (χ1n) is 3.44. The molecule has 0 unspecified atom stereocenters. The van der Waals surface area contributed by atoms with E-state index >= 15 is 0 Å². The summed E-state index contributed by atoms with van der Waals surface area (Å²) in [6, 6.07) is 0. The molecule has 11 heavy (non-hydrogen) atoms. The highest BCUT2D eigenvalue weighted by Gasteiger charge is 2.17. The zero-order chi connectivity index (χ0) is 8.43. The predicted octanol–water partition coefficient (Wildman–Crippen LogP) is 2.47. The van der Waals surface area contributed by atoms with Crippen LogP contribution in [-0.4, -0.2) is 10.2 Å². The molecule has 0 aromatic carbocycles. The van der Waals surface area contributed by atoms with E-state index in [0.29, 0.717) is 5.56 Å². The normalized spacial score (nSPS) is 11.5. The summed E-state index contributed by atoms with van der Waals surface area (Å²) in [5, 5.41) is 5.89. The lowest BCUT2D eigenvalue weighted by atomic mass is 10.0. The van der Waals surface area contributed by atoms with E-state index in [9.17, 15) is 8.78 Å². The van der Waals surface area contributed by atoms with Gasteiger partial charge in [-0.3, -0.25) is 5.10 Å². The Morgan fingerprint density at radius 3 is 2.45 bits per heavy atom. The highest BCUT2D eigenvalue weighted by Crippen LogP contribution is 2.25. The Hall–Kier alpha value is -0.930. The Balaban J connectivity index is 2.96. The van der Waals surface area contributed by atoms with Crippen LogP contribution in [0.4, 0.5) is 8.78 Å². The number of alkyl halides is 2. The summed E-state index contributed by atoms with van der Waals surface area (Å²) in [5.74, 6) is 0.0951. The Morgan fingerprint density at radius 2 is 2.09 bits per heavy atom. The van der Waals surface area contributed by atoms with E-state index in [0.717, 1.165) is 0 Å². The Kier molecular flexibility index (Phi) is 2.22.